The van der Waals surface area contributed by atoms with Crippen molar-refractivity contribution in [3.8, 4) is 0 Å². The van der Waals surface area contributed by atoms with E-state index in [9.17, 15) is 4.79 Å². The van der Waals surface area contributed by atoms with E-state index in [0.717, 1.165) is 31.6 Å². The number of para-hydroxylation sites is 1. The summed E-state index contributed by atoms with van der Waals surface area (Å²) >= 11 is 1.82. The maximum Gasteiger partial charge on any atom is 0.321 e. The van der Waals surface area contributed by atoms with Gasteiger partial charge in [0.05, 0.1) is 0 Å². The second kappa shape index (κ2) is 6.09. The first-order valence-electron chi connectivity index (χ1n) is 6.97. The molecule has 20 heavy (non-hydrogen) atoms. The highest BCUT2D eigenvalue weighted by atomic mass is 32.1. The first-order valence-corrected chi connectivity index (χ1v) is 7.85. The van der Waals surface area contributed by atoms with E-state index in [1.165, 1.54) is 4.88 Å². The van der Waals surface area contributed by atoms with Gasteiger partial charge in [0.15, 0.2) is 0 Å². The van der Waals surface area contributed by atoms with Crippen molar-refractivity contribution >= 4 is 23.1 Å². The van der Waals surface area contributed by atoms with Crippen molar-refractivity contribution in [1.82, 2.24) is 4.90 Å². The van der Waals surface area contributed by atoms with Gasteiger partial charge in [-0.3, -0.25) is 0 Å². The summed E-state index contributed by atoms with van der Waals surface area (Å²) in [5.41, 5.74) is 0.859. The summed E-state index contributed by atoms with van der Waals surface area (Å²) in [6.07, 6.45) is 2.12. The van der Waals surface area contributed by atoms with Crippen molar-refractivity contribution in [2.24, 2.45) is 0 Å². The number of rotatable bonds is 2. The Kier molecular flexibility index (Phi) is 4.02. The lowest BCUT2D eigenvalue weighted by molar-refractivity contribution is 0.195. The minimum absolute atomic E-state index is 0.0147. The molecule has 0 atom stereocenters. The molecule has 0 bridgehead atoms. The van der Waals surface area contributed by atoms with Crippen LogP contribution in [0.15, 0.2) is 47.8 Å². The van der Waals surface area contributed by atoms with Crippen LogP contribution in [0.4, 0.5) is 10.5 Å². The van der Waals surface area contributed by atoms with Crippen LogP contribution in [0.1, 0.15) is 23.6 Å². The summed E-state index contributed by atoms with van der Waals surface area (Å²) in [5.74, 6) is 0.621. The van der Waals surface area contributed by atoms with Crippen molar-refractivity contribution in [2.45, 2.75) is 18.8 Å². The van der Waals surface area contributed by atoms with Crippen molar-refractivity contribution in [1.29, 1.82) is 0 Å². The van der Waals surface area contributed by atoms with Crippen LogP contribution in [0.25, 0.3) is 0 Å². The van der Waals surface area contributed by atoms with E-state index in [2.05, 4.69) is 22.8 Å². The molecule has 3 rings (SSSR count). The number of urea groups is 1. The van der Waals surface area contributed by atoms with E-state index in [1.807, 2.05) is 46.6 Å². The first kappa shape index (κ1) is 13.2. The smallest absolute Gasteiger partial charge is 0.321 e. The summed E-state index contributed by atoms with van der Waals surface area (Å²) in [6, 6.07) is 14.0. The van der Waals surface area contributed by atoms with E-state index in [0.29, 0.717) is 5.92 Å². The molecule has 2 amide bonds. The normalized spacial score (nSPS) is 16.1. The zero-order valence-electron chi connectivity index (χ0n) is 11.3. The van der Waals surface area contributed by atoms with Gasteiger partial charge >= 0.3 is 6.03 Å². The van der Waals surface area contributed by atoms with E-state index >= 15 is 0 Å². The number of carbonyl (C=O) groups is 1. The molecule has 1 saturated heterocycles. The molecule has 0 saturated carbocycles. The monoisotopic (exact) mass is 286 g/mol. The van der Waals surface area contributed by atoms with Crippen LogP contribution in [0.2, 0.25) is 0 Å². The lowest BCUT2D eigenvalue weighted by Gasteiger charge is -2.31. The molecule has 1 fully saturated rings. The van der Waals surface area contributed by atoms with Gasteiger partial charge in [-0.25, -0.2) is 4.79 Å². The van der Waals surface area contributed by atoms with Crippen LogP contribution in [-0.4, -0.2) is 24.0 Å². The Bertz CT molecular complexity index is 545. The molecule has 3 nitrogen and oxygen atoms in total. The Morgan fingerprint density at radius 3 is 2.50 bits per heavy atom. The Balaban J connectivity index is 1.54. The molecule has 0 aliphatic carbocycles. The fraction of sp³-hybridized carbons (Fsp3) is 0.312. The SMILES string of the molecule is O=C(Nc1ccccc1)N1CCC(c2cccs2)CC1. The van der Waals surface area contributed by atoms with Crippen LogP contribution in [0, 0.1) is 0 Å². The Morgan fingerprint density at radius 2 is 1.85 bits per heavy atom. The van der Waals surface area contributed by atoms with Gasteiger partial charge in [0.2, 0.25) is 0 Å². The fourth-order valence-electron chi connectivity index (χ4n) is 2.61. The number of piperidine rings is 1. The quantitative estimate of drug-likeness (QED) is 0.883. The van der Waals surface area contributed by atoms with Crippen LogP contribution in [-0.2, 0) is 0 Å². The molecule has 104 valence electrons. The van der Waals surface area contributed by atoms with Crippen LogP contribution in [0.5, 0.6) is 0 Å². The maximum atomic E-state index is 12.2. The van der Waals surface area contributed by atoms with E-state index < -0.39 is 0 Å². The average molecular weight is 286 g/mol. The van der Waals surface area contributed by atoms with Gasteiger partial charge in [-0.2, -0.15) is 0 Å². The number of hydrogen-bond donors (Lipinski definition) is 1. The summed E-state index contributed by atoms with van der Waals surface area (Å²) in [5, 5.41) is 5.08. The van der Waals surface area contributed by atoms with Gasteiger partial charge in [0.25, 0.3) is 0 Å². The molecule has 0 spiro atoms. The number of carbonyl (C=O) groups excluding carboxylic acids is 1. The second-order valence-electron chi connectivity index (χ2n) is 5.07. The second-order valence-corrected chi connectivity index (χ2v) is 6.05. The third-order valence-corrected chi connectivity index (χ3v) is 4.79. The number of hydrogen-bond acceptors (Lipinski definition) is 2. The van der Waals surface area contributed by atoms with Crippen LogP contribution >= 0.6 is 11.3 Å². The Labute approximate surface area is 123 Å². The summed E-state index contributed by atoms with van der Waals surface area (Å²) in [6.45, 7) is 1.67. The number of anilines is 1. The minimum Gasteiger partial charge on any atom is -0.324 e. The molecule has 1 N–H and O–H groups in total. The van der Waals surface area contributed by atoms with Gasteiger partial charge in [0, 0.05) is 23.7 Å². The van der Waals surface area contributed by atoms with E-state index in [1.54, 1.807) is 0 Å². The third-order valence-electron chi connectivity index (χ3n) is 3.75. The highest BCUT2D eigenvalue weighted by Gasteiger charge is 2.24. The molecule has 2 heterocycles. The molecule has 1 aliphatic heterocycles. The highest BCUT2D eigenvalue weighted by Crippen LogP contribution is 2.31. The third kappa shape index (κ3) is 3.02. The number of benzene rings is 1. The van der Waals surface area contributed by atoms with Gasteiger partial charge in [-0.1, -0.05) is 24.3 Å². The number of thiophene rings is 1. The van der Waals surface area contributed by atoms with Crippen LogP contribution < -0.4 is 5.32 Å². The predicted molar refractivity (Wildman–Crippen MR) is 83.3 cm³/mol. The van der Waals surface area contributed by atoms with Crippen molar-refractivity contribution in [3.05, 3.63) is 52.7 Å². The fourth-order valence-corrected chi connectivity index (χ4v) is 3.51. The van der Waals surface area contributed by atoms with Crippen LogP contribution in [0.3, 0.4) is 0 Å². The summed E-state index contributed by atoms with van der Waals surface area (Å²) in [4.78, 5) is 15.5. The molecule has 0 radical (unpaired) electrons. The zero-order chi connectivity index (χ0) is 13.8. The molecule has 1 aliphatic rings. The molecule has 4 heteroatoms. The molecular formula is C16H18N2OS. The lowest BCUT2D eigenvalue weighted by Crippen LogP contribution is -2.40. The highest BCUT2D eigenvalue weighted by molar-refractivity contribution is 7.10. The molecular weight excluding hydrogens is 268 g/mol. The number of nitrogens with zero attached hydrogens (tertiary/aromatic N) is 1. The maximum absolute atomic E-state index is 12.2. The lowest BCUT2D eigenvalue weighted by atomic mass is 9.95. The number of amides is 2. The molecule has 1 aromatic heterocycles. The summed E-state index contributed by atoms with van der Waals surface area (Å²) < 4.78 is 0. The standard InChI is InChI=1S/C16H18N2OS/c19-16(17-14-5-2-1-3-6-14)18-10-8-13(9-11-18)15-7-4-12-20-15/h1-7,12-13H,8-11H2,(H,17,19). The van der Waals surface area contributed by atoms with Crippen molar-refractivity contribution in [2.75, 3.05) is 18.4 Å². The van der Waals surface area contributed by atoms with Gasteiger partial charge in [-0.05, 0) is 42.3 Å². The van der Waals surface area contributed by atoms with Gasteiger partial charge in [0.1, 0.15) is 0 Å². The zero-order valence-corrected chi connectivity index (χ0v) is 12.1. The van der Waals surface area contributed by atoms with Crippen molar-refractivity contribution in [3.63, 3.8) is 0 Å². The van der Waals surface area contributed by atoms with Crippen molar-refractivity contribution < 1.29 is 4.79 Å². The van der Waals surface area contributed by atoms with E-state index in [-0.39, 0.29) is 6.03 Å². The largest absolute Gasteiger partial charge is 0.324 e. The molecule has 2 aromatic rings. The number of likely N-dealkylation sites (tertiary alicyclic amines) is 1. The summed E-state index contributed by atoms with van der Waals surface area (Å²) in [7, 11) is 0. The average Bonchev–Trinajstić information content (AvgIpc) is 3.03. The van der Waals surface area contributed by atoms with E-state index in [4.69, 9.17) is 0 Å². The first-order chi connectivity index (χ1) is 9.83. The Hall–Kier alpha value is -1.81. The number of nitrogens with one attached hydrogen (secondary N) is 1. The topological polar surface area (TPSA) is 32.3 Å². The predicted octanol–water partition coefficient (Wildman–Crippen LogP) is 4.16. The molecule has 0 unspecified atom stereocenters. The molecule has 1 aromatic carbocycles. The van der Waals surface area contributed by atoms with Gasteiger partial charge in [-0.15, -0.1) is 11.3 Å². The minimum atomic E-state index is 0.0147. The Morgan fingerprint density at radius 1 is 1.10 bits per heavy atom. The van der Waals surface area contributed by atoms with Gasteiger partial charge < -0.3 is 10.2 Å².